The number of amides is 2. The summed E-state index contributed by atoms with van der Waals surface area (Å²) >= 11 is 2.02. The lowest BCUT2D eigenvalue weighted by molar-refractivity contribution is -0.118. The van der Waals surface area contributed by atoms with Gasteiger partial charge in [-0.25, -0.2) is 0 Å². The van der Waals surface area contributed by atoms with Crippen LogP contribution in [0, 0.1) is 9.49 Å². The second-order valence-electron chi connectivity index (χ2n) is 11.6. The van der Waals surface area contributed by atoms with E-state index in [4.69, 9.17) is 18.6 Å². The molecular weight excluding hydrogens is 707 g/mol. The Labute approximate surface area is 281 Å². The van der Waals surface area contributed by atoms with Crippen LogP contribution in [0.2, 0.25) is 0 Å². The molecule has 0 saturated heterocycles. The average Bonchev–Trinajstić information content (AvgIpc) is 3.52. The van der Waals surface area contributed by atoms with E-state index in [1.807, 2.05) is 34.7 Å². The van der Waals surface area contributed by atoms with Gasteiger partial charge in [-0.2, -0.15) is 0 Å². The summed E-state index contributed by atoms with van der Waals surface area (Å²) in [4.78, 5) is 40.8. The van der Waals surface area contributed by atoms with E-state index in [-0.39, 0.29) is 37.0 Å². The molecule has 2 amide bonds. The number of methoxy groups -OCH3 is 2. The van der Waals surface area contributed by atoms with E-state index in [9.17, 15) is 24.6 Å². The van der Waals surface area contributed by atoms with Crippen molar-refractivity contribution < 1.29 is 43.2 Å². The van der Waals surface area contributed by atoms with Crippen molar-refractivity contribution in [3.8, 4) is 17.2 Å². The molecule has 2 aliphatic rings. The molecule has 1 saturated carbocycles. The SMILES string of the molecule is COc1cc(C=O)cc(I)c1OC1C=C(C(=O)NCCO)CC(N(CC2CCCCC2)C(=O)c2cc3cccc(OC)c3o2)C1O. The fourth-order valence-corrected chi connectivity index (χ4v) is 7.05. The summed E-state index contributed by atoms with van der Waals surface area (Å²) in [5.41, 5.74) is 1.14. The van der Waals surface area contributed by atoms with Gasteiger partial charge in [-0.15, -0.1) is 0 Å². The minimum atomic E-state index is -1.24. The monoisotopic (exact) mass is 746 g/mol. The molecule has 3 aromatic rings. The molecule has 1 fully saturated rings. The first-order valence-corrected chi connectivity index (χ1v) is 16.5. The Morgan fingerprint density at radius 3 is 2.57 bits per heavy atom. The number of benzene rings is 2. The zero-order chi connectivity index (χ0) is 32.8. The highest BCUT2D eigenvalue weighted by atomic mass is 127. The molecule has 1 aromatic heterocycles. The minimum Gasteiger partial charge on any atom is -0.493 e. The molecule has 0 bridgehead atoms. The molecular formula is C34H39IN2O9. The fourth-order valence-electron chi connectivity index (χ4n) is 6.30. The van der Waals surface area contributed by atoms with Crippen molar-refractivity contribution in [3.05, 3.63) is 62.9 Å². The Kier molecular flexibility index (Phi) is 11.2. The van der Waals surface area contributed by atoms with Gasteiger partial charge in [0.05, 0.1) is 30.4 Å². The molecule has 1 heterocycles. The van der Waals surface area contributed by atoms with Crippen molar-refractivity contribution in [2.45, 2.75) is 56.8 Å². The lowest BCUT2D eigenvalue weighted by Gasteiger charge is -2.42. The largest absolute Gasteiger partial charge is 0.493 e. The van der Waals surface area contributed by atoms with Gasteiger partial charge in [-0.3, -0.25) is 14.4 Å². The van der Waals surface area contributed by atoms with E-state index in [0.717, 1.165) is 32.1 Å². The van der Waals surface area contributed by atoms with Crippen LogP contribution >= 0.6 is 22.6 Å². The molecule has 11 nitrogen and oxygen atoms in total. The molecule has 0 spiro atoms. The molecule has 3 atom stereocenters. The first-order valence-electron chi connectivity index (χ1n) is 15.4. The normalized spacial score (nSPS) is 20.1. The minimum absolute atomic E-state index is 0.0410. The summed E-state index contributed by atoms with van der Waals surface area (Å²) in [6.45, 7) is 0.159. The molecule has 2 aromatic carbocycles. The second-order valence-corrected chi connectivity index (χ2v) is 12.8. The zero-order valence-electron chi connectivity index (χ0n) is 25.9. The van der Waals surface area contributed by atoms with Crippen molar-refractivity contribution in [2.24, 2.45) is 5.92 Å². The van der Waals surface area contributed by atoms with E-state index >= 15 is 0 Å². The number of ether oxygens (including phenoxy) is 3. The number of para-hydroxylation sites is 1. The number of aliphatic hydroxyl groups is 2. The summed E-state index contributed by atoms with van der Waals surface area (Å²) in [5.74, 6) is 0.534. The van der Waals surface area contributed by atoms with Crippen LogP contribution in [-0.2, 0) is 4.79 Å². The number of halogens is 1. The Hall–Kier alpha value is -3.62. The molecule has 0 radical (unpaired) electrons. The summed E-state index contributed by atoms with van der Waals surface area (Å²) < 4.78 is 23.9. The van der Waals surface area contributed by atoms with E-state index < -0.39 is 30.1 Å². The predicted molar refractivity (Wildman–Crippen MR) is 178 cm³/mol. The van der Waals surface area contributed by atoms with Crippen LogP contribution in [0.25, 0.3) is 11.0 Å². The van der Waals surface area contributed by atoms with Crippen molar-refractivity contribution in [1.29, 1.82) is 0 Å². The number of fused-ring (bicyclic) bond motifs is 1. The van der Waals surface area contributed by atoms with Gasteiger partial charge in [0, 0.05) is 36.0 Å². The summed E-state index contributed by atoms with van der Waals surface area (Å²) in [6, 6.07) is 9.38. The van der Waals surface area contributed by atoms with Crippen LogP contribution in [0.3, 0.4) is 0 Å². The number of nitrogens with one attached hydrogen (secondary N) is 1. The second kappa shape index (κ2) is 15.3. The number of aliphatic hydroxyl groups excluding tert-OH is 2. The van der Waals surface area contributed by atoms with Gasteiger partial charge in [0.15, 0.2) is 28.6 Å². The molecule has 2 aliphatic carbocycles. The van der Waals surface area contributed by atoms with E-state index in [2.05, 4.69) is 5.32 Å². The summed E-state index contributed by atoms with van der Waals surface area (Å²) in [5, 5.41) is 24.7. The molecule has 46 heavy (non-hydrogen) atoms. The number of carbonyl (C=O) groups excluding carboxylic acids is 3. The van der Waals surface area contributed by atoms with Crippen LogP contribution in [0.4, 0.5) is 0 Å². The number of nitrogens with zero attached hydrogens (tertiary/aromatic N) is 1. The summed E-state index contributed by atoms with van der Waals surface area (Å²) in [6.07, 6.45) is 5.13. The number of rotatable bonds is 12. The van der Waals surface area contributed by atoms with Crippen molar-refractivity contribution in [1.82, 2.24) is 10.2 Å². The van der Waals surface area contributed by atoms with Gasteiger partial charge < -0.3 is 39.1 Å². The molecule has 0 aliphatic heterocycles. The van der Waals surface area contributed by atoms with E-state index in [1.165, 1.54) is 20.3 Å². The van der Waals surface area contributed by atoms with Crippen LogP contribution in [0.5, 0.6) is 17.2 Å². The van der Waals surface area contributed by atoms with Crippen molar-refractivity contribution >= 4 is 51.7 Å². The Morgan fingerprint density at radius 2 is 1.87 bits per heavy atom. The molecule has 3 unspecified atom stereocenters. The van der Waals surface area contributed by atoms with Crippen LogP contribution in [0.1, 0.15) is 59.4 Å². The van der Waals surface area contributed by atoms with E-state index in [0.29, 0.717) is 50.0 Å². The number of hydrogen-bond acceptors (Lipinski definition) is 9. The highest BCUT2D eigenvalue weighted by Crippen LogP contribution is 2.38. The quantitative estimate of drug-likeness (QED) is 0.180. The highest BCUT2D eigenvalue weighted by Gasteiger charge is 2.42. The number of furan rings is 1. The third kappa shape index (κ3) is 7.34. The van der Waals surface area contributed by atoms with Crippen LogP contribution < -0.4 is 19.5 Å². The maximum atomic E-state index is 14.4. The van der Waals surface area contributed by atoms with Crippen LogP contribution in [0.15, 0.2) is 52.5 Å². The maximum Gasteiger partial charge on any atom is 0.289 e. The topological polar surface area (TPSA) is 148 Å². The smallest absolute Gasteiger partial charge is 0.289 e. The van der Waals surface area contributed by atoms with Gasteiger partial charge in [0.1, 0.15) is 18.5 Å². The van der Waals surface area contributed by atoms with Gasteiger partial charge in [0.25, 0.3) is 5.91 Å². The third-order valence-corrected chi connectivity index (χ3v) is 9.44. The zero-order valence-corrected chi connectivity index (χ0v) is 28.0. The van der Waals surface area contributed by atoms with Crippen molar-refractivity contribution in [3.63, 3.8) is 0 Å². The lowest BCUT2D eigenvalue weighted by atomic mass is 9.85. The molecule has 5 rings (SSSR count). The first kappa shape index (κ1) is 33.7. The van der Waals surface area contributed by atoms with Crippen molar-refractivity contribution in [2.75, 3.05) is 33.9 Å². The molecule has 12 heteroatoms. The number of aldehydes is 1. The van der Waals surface area contributed by atoms with Gasteiger partial charge in [-0.1, -0.05) is 31.4 Å². The van der Waals surface area contributed by atoms with Gasteiger partial charge in [0.2, 0.25) is 5.91 Å². The first-order chi connectivity index (χ1) is 22.3. The molecule has 246 valence electrons. The predicted octanol–water partition coefficient (Wildman–Crippen LogP) is 4.51. The van der Waals surface area contributed by atoms with E-state index in [1.54, 1.807) is 29.2 Å². The third-order valence-electron chi connectivity index (χ3n) is 8.64. The summed E-state index contributed by atoms with van der Waals surface area (Å²) in [7, 11) is 2.98. The number of carbonyl (C=O) groups is 3. The Morgan fingerprint density at radius 1 is 1.11 bits per heavy atom. The average molecular weight is 747 g/mol. The highest BCUT2D eigenvalue weighted by molar-refractivity contribution is 14.1. The standard InChI is InChI=1S/C34H39IN2O9/c1-43-26-10-6-9-22-16-29(46-31(22)26)34(42)37(18-20-7-4-3-5-8-20)25-15-23(33(41)36-11-12-38)17-27(30(25)40)45-32-24(35)13-21(19-39)14-28(32)44-2/h6,9-10,13-14,16-17,19-20,25,27,30,38,40H,3-5,7-8,11-12,15,18H2,1-2H3,(H,36,41). The molecule has 3 N–H and O–H groups in total. The fraction of sp³-hybridized carbons (Fsp3) is 0.441. The maximum absolute atomic E-state index is 14.4. The van der Waals surface area contributed by atoms with Gasteiger partial charge in [-0.05, 0) is 71.7 Å². The Balaban J connectivity index is 1.55. The lowest BCUT2D eigenvalue weighted by Crippen LogP contribution is -2.56. The van der Waals surface area contributed by atoms with Crippen LogP contribution in [-0.4, -0.2) is 85.4 Å². The van der Waals surface area contributed by atoms with Gasteiger partial charge >= 0.3 is 0 Å². The number of hydrogen-bond donors (Lipinski definition) is 3. The Bertz CT molecular complexity index is 1600.